The number of aryl methyl sites for hydroxylation is 1. The Morgan fingerprint density at radius 3 is 2.45 bits per heavy atom. The van der Waals surface area contributed by atoms with E-state index in [0.717, 1.165) is 61.0 Å². The number of benzene rings is 2. The standard InChI is InChI=1S/C40H47N7O4/c1-39(2)24-40(3,4)37(39)45-35(48)26-21-43-38(44-22-26)47-16-12-25(13-17-47)14-18-50-28-7-6-8-29(20-28)51-33-10-9-27(41)19-31(33)32-23-46(5)36(49)34-30(32)11-15-42-34/h6-11,15,19-23,25,37,42H,12-14,16-18,24,41H2,1-5H3,(H,45,48). The number of pyridine rings is 1. The summed E-state index contributed by atoms with van der Waals surface area (Å²) in [6.07, 6.45) is 10.9. The Hall–Kier alpha value is -5.32. The predicted octanol–water partition coefficient (Wildman–Crippen LogP) is 6.94. The quantitative estimate of drug-likeness (QED) is 0.134. The zero-order valence-corrected chi connectivity index (χ0v) is 30.0. The zero-order valence-electron chi connectivity index (χ0n) is 30.0. The van der Waals surface area contributed by atoms with Crippen LogP contribution < -0.4 is 31.0 Å². The molecule has 1 amide bonds. The van der Waals surface area contributed by atoms with E-state index in [1.807, 2.05) is 48.7 Å². The largest absolute Gasteiger partial charge is 0.493 e. The molecule has 2 fully saturated rings. The van der Waals surface area contributed by atoms with E-state index in [1.54, 1.807) is 36.3 Å². The Kier molecular flexibility index (Phi) is 8.99. The molecule has 11 heteroatoms. The van der Waals surface area contributed by atoms with Crippen LogP contribution in [0.25, 0.3) is 22.0 Å². The number of carbonyl (C=O) groups excluding carboxylic acids is 1. The van der Waals surface area contributed by atoms with Gasteiger partial charge in [0.15, 0.2) is 0 Å². The predicted molar refractivity (Wildman–Crippen MR) is 200 cm³/mol. The van der Waals surface area contributed by atoms with Crippen LogP contribution in [0.15, 0.2) is 78.1 Å². The van der Waals surface area contributed by atoms with Crippen molar-refractivity contribution in [2.45, 2.75) is 59.4 Å². The maximum atomic E-state index is 12.9. The van der Waals surface area contributed by atoms with Crippen molar-refractivity contribution in [3.05, 3.63) is 89.2 Å². The molecule has 0 atom stereocenters. The van der Waals surface area contributed by atoms with Crippen molar-refractivity contribution in [1.82, 2.24) is 24.8 Å². The Morgan fingerprint density at radius 1 is 1.00 bits per heavy atom. The summed E-state index contributed by atoms with van der Waals surface area (Å²) in [6.45, 7) is 11.1. The van der Waals surface area contributed by atoms with Gasteiger partial charge in [0.25, 0.3) is 11.5 Å². The third-order valence-corrected chi connectivity index (χ3v) is 10.6. The number of carbonyl (C=O) groups is 1. The van der Waals surface area contributed by atoms with Crippen molar-refractivity contribution in [2.24, 2.45) is 23.8 Å². The lowest BCUT2D eigenvalue weighted by Crippen LogP contribution is -2.63. The summed E-state index contributed by atoms with van der Waals surface area (Å²) < 4.78 is 14.1. The van der Waals surface area contributed by atoms with E-state index in [2.05, 4.69) is 52.9 Å². The number of nitrogens with zero attached hydrogens (tertiary/aromatic N) is 4. The number of hydrogen-bond acceptors (Lipinski definition) is 8. The van der Waals surface area contributed by atoms with Crippen molar-refractivity contribution in [3.63, 3.8) is 0 Å². The first-order chi connectivity index (χ1) is 24.4. The fourth-order valence-electron chi connectivity index (χ4n) is 8.36. The number of nitrogens with two attached hydrogens (primary N) is 1. The highest BCUT2D eigenvalue weighted by Crippen LogP contribution is 2.53. The summed E-state index contributed by atoms with van der Waals surface area (Å²) in [5, 5.41) is 4.02. The van der Waals surface area contributed by atoms with Gasteiger partial charge in [-0.05, 0) is 78.8 Å². The van der Waals surface area contributed by atoms with E-state index >= 15 is 0 Å². The van der Waals surface area contributed by atoms with Gasteiger partial charge in [0.1, 0.15) is 22.8 Å². The molecule has 0 spiro atoms. The molecule has 7 rings (SSSR count). The molecule has 3 aromatic heterocycles. The smallest absolute Gasteiger partial charge is 0.274 e. The number of aromatic nitrogens is 4. The number of fused-ring (bicyclic) bond motifs is 1. The number of aromatic amines is 1. The van der Waals surface area contributed by atoms with E-state index in [0.29, 0.717) is 46.7 Å². The summed E-state index contributed by atoms with van der Waals surface area (Å²) in [5.74, 6) is 3.08. The fraction of sp³-hybridized carbons (Fsp3) is 0.400. The number of nitrogens with one attached hydrogen (secondary N) is 2. The lowest BCUT2D eigenvalue weighted by Gasteiger charge is -2.57. The summed E-state index contributed by atoms with van der Waals surface area (Å²) in [7, 11) is 1.73. The zero-order chi connectivity index (χ0) is 35.9. The Labute approximate surface area is 298 Å². The van der Waals surface area contributed by atoms with Gasteiger partial charge in [-0.15, -0.1) is 0 Å². The molecule has 51 heavy (non-hydrogen) atoms. The maximum Gasteiger partial charge on any atom is 0.274 e. The highest BCUT2D eigenvalue weighted by atomic mass is 16.5. The molecule has 1 aliphatic heterocycles. The van der Waals surface area contributed by atoms with Gasteiger partial charge in [-0.3, -0.25) is 9.59 Å². The number of amides is 1. The van der Waals surface area contributed by atoms with Crippen LogP contribution >= 0.6 is 0 Å². The van der Waals surface area contributed by atoms with E-state index in [9.17, 15) is 9.59 Å². The van der Waals surface area contributed by atoms with Crippen LogP contribution in [0.2, 0.25) is 0 Å². The van der Waals surface area contributed by atoms with E-state index in [-0.39, 0.29) is 28.3 Å². The van der Waals surface area contributed by atoms with Gasteiger partial charge >= 0.3 is 0 Å². The van der Waals surface area contributed by atoms with Crippen LogP contribution in [0.1, 0.15) is 63.7 Å². The van der Waals surface area contributed by atoms with Crippen molar-refractivity contribution in [1.29, 1.82) is 0 Å². The number of ether oxygens (including phenoxy) is 2. The molecule has 1 saturated heterocycles. The number of rotatable bonds is 10. The molecule has 5 aromatic rings. The Morgan fingerprint density at radius 2 is 1.73 bits per heavy atom. The molecule has 11 nitrogen and oxygen atoms in total. The molecule has 0 radical (unpaired) electrons. The first-order valence-corrected chi connectivity index (χ1v) is 17.7. The Bertz CT molecular complexity index is 2100. The molecular formula is C40H47N7O4. The highest BCUT2D eigenvalue weighted by molar-refractivity contribution is 5.96. The van der Waals surface area contributed by atoms with Crippen LogP contribution in [0.4, 0.5) is 11.6 Å². The van der Waals surface area contributed by atoms with Crippen molar-refractivity contribution in [3.8, 4) is 28.4 Å². The van der Waals surface area contributed by atoms with Gasteiger partial charge in [0, 0.05) is 79.2 Å². The topological polar surface area (TPSA) is 140 Å². The van der Waals surface area contributed by atoms with Gasteiger partial charge in [0.05, 0.1) is 12.2 Å². The van der Waals surface area contributed by atoms with Crippen LogP contribution in [-0.2, 0) is 7.05 Å². The monoisotopic (exact) mass is 689 g/mol. The Balaban J connectivity index is 0.917. The number of H-pyrrole nitrogens is 1. The van der Waals surface area contributed by atoms with Crippen molar-refractivity contribution < 1.29 is 14.3 Å². The molecule has 1 aliphatic carbocycles. The second kappa shape index (κ2) is 13.4. The average molecular weight is 690 g/mol. The minimum Gasteiger partial charge on any atom is -0.493 e. The molecule has 0 unspecified atom stereocenters. The van der Waals surface area contributed by atoms with Crippen LogP contribution in [0.5, 0.6) is 17.2 Å². The number of hydrogen-bond donors (Lipinski definition) is 3. The maximum absolute atomic E-state index is 12.9. The normalized spacial score (nSPS) is 17.2. The number of anilines is 2. The third kappa shape index (κ3) is 7.02. The summed E-state index contributed by atoms with van der Waals surface area (Å²) >= 11 is 0. The van der Waals surface area contributed by atoms with Gasteiger partial charge in [0.2, 0.25) is 5.95 Å². The van der Waals surface area contributed by atoms with E-state index < -0.39 is 0 Å². The average Bonchev–Trinajstić information content (AvgIpc) is 3.60. The molecule has 4 heterocycles. The van der Waals surface area contributed by atoms with Crippen LogP contribution in [-0.4, -0.2) is 51.2 Å². The molecule has 0 bridgehead atoms. The van der Waals surface area contributed by atoms with Gasteiger partial charge in [-0.2, -0.15) is 0 Å². The summed E-state index contributed by atoms with van der Waals surface area (Å²) in [5.41, 5.74) is 9.53. The second-order valence-electron chi connectivity index (χ2n) is 15.5. The minimum absolute atomic E-state index is 0.0839. The van der Waals surface area contributed by atoms with Gasteiger partial charge in [-0.25, -0.2) is 9.97 Å². The van der Waals surface area contributed by atoms with Gasteiger partial charge in [-0.1, -0.05) is 33.8 Å². The minimum atomic E-state index is -0.113. The molecular weight excluding hydrogens is 642 g/mol. The fourth-order valence-corrected chi connectivity index (χ4v) is 8.36. The summed E-state index contributed by atoms with van der Waals surface area (Å²) in [4.78, 5) is 40.0. The van der Waals surface area contributed by atoms with Crippen molar-refractivity contribution >= 4 is 28.4 Å². The second-order valence-corrected chi connectivity index (χ2v) is 15.5. The van der Waals surface area contributed by atoms with E-state index in [1.165, 1.54) is 0 Å². The lowest BCUT2D eigenvalue weighted by molar-refractivity contribution is -0.0366. The molecule has 4 N–H and O–H groups in total. The van der Waals surface area contributed by atoms with E-state index in [4.69, 9.17) is 15.2 Å². The highest BCUT2D eigenvalue weighted by Gasteiger charge is 2.53. The molecule has 2 aliphatic rings. The van der Waals surface area contributed by atoms with Crippen LogP contribution in [0.3, 0.4) is 0 Å². The van der Waals surface area contributed by atoms with Gasteiger partial charge < -0.3 is 35.0 Å². The number of nitrogen functional groups attached to an aromatic ring is 1. The number of piperidine rings is 1. The van der Waals surface area contributed by atoms with Crippen LogP contribution in [0, 0.1) is 16.7 Å². The molecule has 2 aromatic carbocycles. The first kappa shape index (κ1) is 34.1. The molecule has 266 valence electrons. The first-order valence-electron chi connectivity index (χ1n) is 17.7. The lowest BCUT2D eigenvalue weighted by atomic mass is 9.52. The molecule has 1 saturated carbocycles. The summed E-state index contributed by atoms with van der Waals surface area (Å²) in [6, 6.07) is 15.2. The SMILES string of the molecule is Cn1cc(-c2cc(N)ccc2Oc2cccc(OCCC3CCN(c4ncc(C(=O)NC5C(C)(C)CC5(C)C)cn4)CC3)c2)c2cc[nH]c2c1=O. The van der Waals surface area contributed by atoms with Crippen molar-refractivity contribution in [2.75, 3.05) is 30.3 Å². The third-order valence-electron chi connectivity index (χ3n) is 10.6.